The average Bonchev–Trinajstić information content (AvgIpc) is 2.15. The first-order valence-corrected chi connectivity index (χ1v) is 9.46. The van der Waals surface area contributed by atoms with Gasteiger partial charge in [-0.1, -0.05) is 65.9 Å². The molecule has 2 aromatic carbocycles. The summed E-state index contributed by atoms with van der Waals surface area (Å²) in [6, 6.07) is 13.1. The van der Waals surface area contributed by atoms with E-state index in [0.29, 0.717) is 0 Å². The predicted octanol–water partition coefficient (Wildman–Crippen LogP) is 4.15. The molecule has 0 bridgehead atoms. The smallest absolute Gasteiger partial charge is 0.0656 e. The molecular formula is C13H15BrSi. The van der Waals surface area contributed by atoms with E-state index in [1.54, 1.807) is 0 Å². The lowest BCUT2D eigenvalue weighted by Gasteiger charge is -2.19. The van der Waals surface area contributed by atoms with Crippen LogP contribution in [0.1, 0.15) is 0 Å². The zero-order valence-electron chi connectivity index (χ0n) is 9.34. The summed E-state index contributed by atoms with van der Waals surface area (Å²) in [6.45, 7) is 7.13. The molecule has 0 fully saturated rings. The molecule has 2 rings (SSSR count). The Morgan fingerprint density at radius 2 is 1.47 bits per heavy atom. The SMILES string of the molecule is C[Si](C)(C)c1cc2ccccc2cc1Br. The first-order valence-electron chi connectivity index (χ1n) is 5.17. The molecule has 0 amide bonds. The van der Waals surface area contributed by atoms with Crippen LogP contribution < -0.4 is 5.19 Å². The Morgan fingerprint density at radius 3 is 2.00 bits per heavy atom. The number of hydrogen-bond donors (Lipinski definition) is 0. The van der Waals surface area contributed by atoms with Gasteiger partial charge in [-0.05, 0) is 22.0 Å². The normalized spacial score (nSPS) is 12.0. The van der Waals surface area contributed by atoms with Crippen LogP contribution in [0.3, 0.4) is 0 Å². The molecule has 2 aromatic rings. The molecule has 0 saturated carbocycles. The molecule has 0 atom stereocenters. The molecule has 0 nitrogen and oxygen atoms in total. The summed E-state index contributed by atoms with van der Waals surface area (Å²) in [4.78, 5) is 0. The van der Waals surface area contributed by atoms with Crippen molar-refractivity contribution in [1.29, 1.82) is 0 Å². The molecule has 0 aromatic heterocycles. The fraction of sp³-hybridized carbons (Fsp3) is 0.231. The second-order valence-electron chi connectivity index (χ2n) is 4.93. The zero-order valence-corrected chi connectivity index (χ0v) is 11.9. The Kier molecular flexibility index (Phi) is 2.73. The quantitative estimate of drug-likeness (QED) is 0.688. The molecule has 0 aliphatic carbocycles. The Morgan fingerprint density at radius 1 is 0.933 bits per heavy atom. The van der Waals surface area contributed by atoms with Crippen molar-refractivity contribution in [2.45, 2.75) is 19.6 Å². The van der Waals surface area contributed by atoms with E-state index in [1.807, 2.05) is 0 Å². The van der Waals surface area contributed by atoms with Crippen molar-refractivity contribution in [2.24, 2.45) is 0 Å². The minimum absolute atomic E-state index is 1.24. The van der Waals surface area contributed by atoms with Crippen molar-refractivity contribution in [3.05, 3.63) is 40.9 Å². The molecule has 0 unspecified atom stereocenters. The number of benzene rings is 2. The Balaban J connectivity index is 2.73. The minimum atomic E-state index is -1.24. The Labute approximate surface area is 100 Å². The van der Waals surface area contributed by atoms with Gasteiger partial charge in [-0.3, -0.25) is 0 Å². The molecule has 0 spiro atoms. The summed E-state index contributed by atoms with van der Waals surface area (Å²) >= 11 is 3.69. The number of hydrogen-bond acceptors (Lipinski definition) is 0. The second kappa shape index (κ2) is 3.76. The third-order valence-corrected chi connectivity index (χ3v) is 5.70. The van der Waals surface area contributed by atoms with Crippen molar-refractivity contribution in [3.8, 4) is 0 Å². The molecular weight excluding hydrogens is 264 g/mol. The lowest BCUT2D eigenvalue weighted by molar-refractivity contribution is 1.67. The molecule has 0 radical (unpaired) electrons. The summed E-state index contributed by atoms with van der Waals surface area (Å²) in [5, 5.41) is 4.16. The highest BCUT2D eigenvalue weighted by atomic mass is 79.9. The molecule has 0 aliphatic rings. The highest BCUT2D eigenvalue weighted by Gasteiger charge is 2.19. The van der Waals surface area contributed by atoms with Crippen LogP contribution >= 0.6 is 15.9 Å². The van der Waals surface area contributed by atoms with Crippen LogP contribution in [0, 0.1) is 0 Å². The van der Waals surface area contributed by atoms with Gasteiger partial charge in [0, 0.05) is 4.47 Å². The van der Waals surface area contributed by atoms with E-state index in [-0.39, 0.29) is 0 Å². The summed E-state index contributed by atoms with van der Waals surface area (Å²) in [6.07, 6.45) is 0. The second-order valence-corrected chi connectivity index (χ2v) is 10.8. The fourth-order valence-electron chi connectivity index (χ4n) is 1.79. The topological polar surface area (TPSA) is 0 Å². The maximum atomic E-state index is 3.69. The van der Waals surface area contributed by atoms with E-state index < -0.39 is 8.07 Å². The van der Waals surface area contributed by atoms with Gasteiger partial charge in [-0.2, -0.15) is 0 Å². The van der Waals surface area contributed by atoms with E-state index in [4.69, 9.17) is 0 Å². The van der Waals surface area contributed by atoms with Gasteiger partial charge >= 0.3 is 0 Å². The summed E-state index contributed by atoms with van der Waals surface area (Å²) < 4.78 is 1.26. The van der Waals surface area contributed by atoms with Crippen LogP contribution in [0.5, 0.6) is 0 Å². The lowest BCUT2D eigenvalue weighted by Crippen LogP contribution is -2.38. The van der Waals surface area contributed by atoms with Gasteiger partial charge < -0.3 is 0 Å². The van der Waals surface area contributed by atoms with E-state index in [9.17, 15) is 0 Å². The van der Waals surface area contributed by atoms with Crippen LogP contribution in [0.25, 0.3) is 10.8 Å². The van der Waals surface area contributed by atoms with Gasteiger partial charge in [0.05, 0.1) is 8.07 Å². The van der Waals surface area contributed by atoms with Crippen molar-refractivity contribution < 1.29 is 0 Å². The van der Waals surface area contributed by atoms with E-state index in [2.05, 4.69) is 72.0 Å². The predicted molar refractivity (Wildman–Crippen MR) is 74.6 cm³/mol. The highest BCUT2D eigenvalue weighted by molar-refractivity contribution is 9.10. The monoisotopic (exact) mass is 278 g/mol. The lowest BCUT2D eigenvalue weighted by atomic mass is 10.1. The number of halogens is 1. The van der Waals surface area contributed by atoms with Gasteiger partial charge in [0.25, 0.3) is 0 Å². The van der Waals surface area contributed by atoms with Crippen molar-refractivity contribution >= 4 is 40.0 Å². The summed E-state index contributed by atoms with van der Waals surface area (Å²) in [5.74, 6) is 0. The van der Waals surface area contributed by atoms with Gasteiger partial charge in [0.2, 0.25) is 0 Å². The van der Waals surface area contributed by atoms with Crippen LogP contribution in [-0.2, 0) is 0 Å². The van der Waals surface area contributed by atoms with Gasteiger partial charge in [-0.15, -0.1) is 0 Å². The standard InChI is InChI=1S/C13H15BrSi/c1-15(2,3)13-9-11-7-5-4-6-10(11)8-12(13)14/h4-9H,1-3H3. The maximum absolute atomic E-state index is 3.69. The van der Waals surface area contributed by atoms with E-state index in [0.717, 1.165) is 0 Å². The summed E-state index contributed by atoms with van der Waals surface area (Å²) in [7, 11) is -1.24. The first kappa shape index (κ1) is 10.9. The molecule has 78 valence electrons. The molecule has 0 N–H and O–H groups in total. The van der Waals surface area contributed by atoms with Crippen LogP contribution in [-0.4, -0.2) is 8.07 Å². The van der Waals surface area contributed by atoms with E-state index in [1.165, 1.54) is 20.4 Å². The van der Waals surface area contributed by atoms with Gasteiger partial charge in [-0.25, -0.2) is 0 Å². The first-order chi connectivity index (χ1) is 6.98. The van der Waals surface area contributed by atoms with Crippen molar-refractivity contribution in [2.75, 3.05) is 0 Å². The zero-order chi connectivity index (χ0) is 11.1. The molecule has 2 heteroatoms. The third kappa shape index (κ3) is 2.16. The molecule has 0 saturated heterocycles. The highest BCUT2D eigenvalue weighted by Crippen LogP contribution is 2.21. The van der Waals surface area contributed by atoms with Crippen LogP contribution in [0.2, 0.25) is 19.6 Å². The minimum Gasteiger partial charge on any atom is -0.0656 e. The fourth-order valence-corrected chi connectivity index (χ4v) is 5.31. The maximum Gasteiger partial charge on any atom is 0.0791 e. The molecule has 0 aliphatic heterocycles. The van der Waals surface area contributed by atoms with Crippen molar-refractivity contribution in [3.63, 3.8) is 0 Å². The Bertz CT molecular complexity index is 497. The molecule has 0 heterocycles. The van der Waals surface area contributed by atoms with E-state index >= 15 is 0 Å². The van der Waals surface area contributed by atoms with Gasteiger partial charge in [0.15, 0.2) is 0 Å². The summed E-state index contributed by atoms with van der Waals surface area (Å²) in [5.41, 5.74) is 0. The average molecular weight is 279 g/mol. The third-order valence-electron chi connectivity index (χ3n) is 2.64. The molecule has 15 heavy (non-hydrogen) atoms. The Hall–Kier alpha value is -0.603. The number of rotatable bonds is 1. The van der Waals surface area contributed by atoms with Crippen molar-refractivity contribution in [1.82, 2.24) is 0 Å². The van der Waals surface area contributed by atoms with Gasteiger partial charge in [0.1, 0.15) is 0 Å². The van der Waals surface area contributed by atoms with Crippen LogP contribution in [0.15, 0.2) is 40.9 Å². The van der Waals surface area contributed by atoms with Crippen LogP contribution in [0.4, 0.5) is 0 Å². The number of fused-ring (bicyclic) bond motifs is 1. The largest absolute Gasteiger partial charge is 0.0791 e.